The molecular formula is C22H26FN5O3. The minimum atomic E-state index is -0.503. The van der Waals surface area contributed by atoms with Crippen LogP contribution in [-0.4, -0.2) is 58.6 Å². The second kappa shape index (κ2) is 9.28. The van der Waals surface area contributed by atoms with Gasteiger partial charge < -0.3 is 15.0 Å². The number of anilines is 1. The second-order valence-electron chi connectivity index (χ2n) is 8.03. The third-order valence-electron chi connectivity index (χ3n) is 5.68. The van der Waals surface area contributed by atoms with E-state index in [1.54, 1.807) is 9.80 Å². The Hall–Kier alpha value is -3.23. The summed E-state index contributed by atoms with van der Waals surface area (Å²) >= 11 is 0. The van der Waals surface area contributed by atoms with Crippen LogP contribution >= 0.6 is 0 Å². The number of hydrogen-bond acceptors (Lipinski definition) is 5. The average molecular weight is 427 g/mol. The summed E-state index contributed by atoms with van der Waals surface area (Å²) in [5.74, 6) is -0.650. The second-order valence-corrected chi connectivity index (χ2v) is 8.03. The Morgan fingerprint density at radius 2 is 1.81 bits per heavy atom. The summed E-state index contributed by atoms with van der Waals surface area (Å²) in [4.78, 5) is 36.1. The average Bonchev–Trinajstić information content (AvgIpc) is 3.12. The van der Waals surface area contributed by atoms with Crippen LogP contribution in [0.4, 0.5) is 14.9 Å². The van der Waals surface area contributed by atoms with Crippen LogP contribution in [0.2, 0.25) is 0 Å². The number of nitrogens with one attached hydrogen (secondary N) is 1. The molecule has 0 bridgehead atoms. The molecule has 0 radical (unpaired) electrons. The smallest absolute Gasteiger partial charge is 0.325 e. The van der Waals surface area contributed by atoms with Crippen LogP contribution < -0.4 is 15.0 Å². The Morgan fingerprint density at radius 1 is 1.13 bits per heavy atom. The summed E-state index contributed by atoms with van der Waals surface area (Å²) in [5, 5.41) is 3.03. The van der Waals surface area contributed by atoms with Gasteiger partial charge in [-0.1, -0.05) is 17.7 Å². The number of nitrogens with zero attached hydrogens (tertiary/aromatic N) is 4. The lowest BCUT2D eigenvalue weighted by atomic mass is 9.93. The van der Waals surface area contributed by atoms with Gasteiger partial charge in [0.1, 0.15) is 12.6 Å². The molecule has 9 heteroatoms. The van der Waals surface area contributed by atoms with Crippen molar-refractivity contribution in [1.82, 2.24) is 20.2 Å². The fourth-order valence-electron chi connectivity index (χ4n) is 3.98. The molecule has 2 aliphatic rings. The monoisotopic (exact) mass is 427 g/mol. The van der Waals surface area contributed by atoms with Gasteiger partial charge in [0.05, 0.1) is 12.4 Å². The number of aromatic nitrogens is 2. The number of rotatable bonds is 6. The van der Waals surface area contributed by atoms with Crippen molar-refractivity contribution >= 4 is 17.6 Å². The van der Waals surface area contributed by atoms with Crippen LogP contribution in [-0.2, 0) is 4.79 Å². The molecule has 1 saturated heterocycles. The van der Waals surface area contributed by atoms with E-state index in [9.17, 15) is 14.0 Å². The maximum atomic E-state index is 12.9. The number of hydrogen-bond donors (Lipinski definition) is 1. The minimum Gasteiger partial charge on any atom is -0.460 e. The van der Waals surface area contributed by atoms with Gasteiger partial charge in [-0.15, -0.1) is 0 Å². The maximum Gasteiger partial charge on any atom is 0.325 e. The molecule has 0 spiro atoms. The van der Waals surface area contributed by atoms with Gasteiger partial charge in [0.25, 0.3) is 0 Å². The van der Waals surface area contributed by atoms with E-state index in [4.69, 9.17) is 4.74 Å². The Bertz CT molecular complexity index is 914. The van der Waals surface area contributed by atoms with Crippen molar-refractivity contribution in [3.63, 3.8) is 0 Å². The molecule has 8 nitrogen and oxygen atoms in total. The first kappa shape index (κ1) is 21.0. The molecule has 1 aromatic heterocycles. The van der Waals surface area contributed by atoms with Gasteiger partial charge in [0.15, 0.2) is 5.82 Å². The largest absolute Gasteiger partial charge is 0.460 e. The highest BCUT2D eigenvalue weighted by Crippen LogP contribution is 2.23. The number of ether oxygens (including phenoxy) is 1. The van der Waals surface area contributed by atoms with Crippen molar-refractivity contribution in [1.29, 1.82) is 0 Å². The molecule has 4 rings (SSSR count). The Kier molecular flexibility index (Phi) is 6.29. The van der Waals surface area contributed by atoms with E-state index in [0.29, 0.717) is 13.1 Å². The van der Waals surface area contributed by atoms with Gasteiger partial charge >= 0.3 is 12.0 Å². The van der Waals surface area contributed by atoms with Crippen molar-refractivity contribution in [3.05, 3.63) is 48.0 Å². The topological polar surface area (TPSA) is 87.7 Å². The zero-order chi connectivity index (χ0) is 21.8. The summed E-state index contributed by atoms with van der Waals surface area (Å²) in [5.41, 5.74) is 1.99. The third-order valence-corrected chi connectivity index (χ3v) is 5.68. The molecule has 2 fully saturated rings. The summed E-state index contributed by atoms with van der Waals surface area (Å²) in [6.07, 6.45) is 5.12. The van der Waals surface area contributed by atoms with Crippen molar-refractivity contribution < 1.29 is 18.7 Å². The molecule has 1 aliphatic carbocycles. The van der Waals surface area contributed by atoms with E-state index in [0.717, 1.165) is 49.3 Å². The third kappa shape index (κ3) is 5.28. The normalized spacial score (nSPS) is 21.3. The lowest BCUT2D eigenvalue weighted by Gasteiger charge is -2.29. The lowest BCUT2D eigenvalue weighted by molar-refractivity contribution is -0.122. The number of carbonyl (C=O) groups is 2. The molecule has 2 aromatic rings. The predicted octanol–water partition coefficient (Wildman–Crippen LogP) is 2.67. The summed E-state index contributed by atoms with van der Waals surface area (Å²) < 4.78 is 18.6. The Balaban J connectivity index is 1.21. The van der Waals surface area contributed by atoms with Crippen LogP contribution in [0.5, 0.6) is 6.01 Å². The highest BCUT2D eigenvalue weighted by molar-refractivity contribution is 5.96. The van der Waals surface area contributed by atoms with Gasteiger partial charge in [-0.2, -0.15) is 0 Å². The molecule has 1 saturated carbocycles. The van der Waals surface area contributed by atoms with Crippen molar-refractivity contribution in [2.24, 2.45) is 0 Å². The molecular weight excluding hydrogens is 401 g/mol. The molecule has 0 atom stereocenters. The van der Waals surface area contributed by atoms with E-state index in [1.807, 2.05) is 31.2 Å². The number of aryl methyl sites for hydroxylation is 1. The Morgan fingerprint density at radius 3 is 2.48 bits per heavy atom. The van der Waals surface area contributed by atoms with E-state index >= 15 is 0 Å². The van der Waals surface area contributed by atoms with Crippen LogP contribution in [0.25, 0.3) is 0 Å². The van der Waals surface area contributed by atoms with Crippen molar-refractivity contribution in [2.75, 3.05) is 24.5 Å². The van der Waals surface area contributed by atoms with Gasteiger partial charge in [0.2, 0.25) is 5.91 Å². The zero-order valence-corrected chi connectivity index (χ0v) is 17.5. The van der Waals surface area contributed by atoms with E-state index in [-0.39, 0.29) is 36.6 Å². The van der Waals surface area contributed by atoms with Gasteiger partial charge in [0, 0.05) is 24.8 Å². The summed E-state index contributed by atoms with van der Waals surface area (Å²) in [7, 11) is 0. The molecule has 164 valence electrons. The molecule has 3 amide bonds. The SMILES string of the molecule is Cc1ccc(N2CCN(CC(=O)NC3CCC(Oc4ncc(F)cn4)CC3)C2=O)cc1. The summed E-state index contributed by atoms with van der Waals surface area (Å²) in [6, 6.07) is 7.87. The molecule has 1 aromatic carbocycles. The standard InChI is InChI=1S/C22H26FN5O3/c1-15-2-6-18(7-3-15)28-11-10-27(22(28)30)14-20(29)26-17-4-8-19(9-5-17)31-21-24-12-16(23)13-25-21/h2-3,6-7,12-13,17,19H,4-5,8-11,14H2,1H3,(H,26,29). The Labute approximate surface area is 180 Å². The van der Waals surface area contributed by atoms with Crippen LogP contribution in [0, 0.1) is 12.7 Å². The van der Waals surface area contributed by atoms with E-state index in [1.165, 1.54) is 0 Å². The van der Waals surface area contributed by atoms with E-state index in [2.05, 4.69) is 15.3 Å². The number of halogens is 1. The molecule has 0 unspecified atom stereocenters. The van der Waals surface area contributed by atoms with Crippen LogP contribution in [0.15, 0.2) is 36.7 Å². The van der Waals surface area contributed by atoms with Gasteiger partial charge in [-0.25, -0.2) is 19.2 Å². The van der Waals surface area contributed by atoms with Crippen LogP contribution in [0.3, 0.4) is 0 Å². The molecule has 31 heavy (non-hydrogen) atoms. The fraction of sp³-hybridized carbons (Fsp3) is 0.455. The molecule has 2 heterocycles. The number of benzene rings is 1. The molecule has 1 N–H and O–H groups in total. The maximum absolute atomic E-state index is 12.9. The first-order chi connectivity index (χ1) is 15.0. The van der Waals surface area contributed by atoms with Crippen molar-refractivity contribution in [3.8, 4) is 6.01 Å². The van der Waals surface area contributed by atoms with E-state index < -0.39 is 5.82 Å². The fourth-order valence-corrected chi connectivity index (χ4v) is 3.98. The van der Waals surface area contributed by atoms with Crippen LogP contribution in [0.1, 0.15) is 31.2 Å². The highest BCUT2D eigenvalue weighted by atomic mass is 19.1. The first-order valence-corrected chi connectivity index (χ1v) is 10.5. The lowest BCUT2D eigenvalue weighted by Crippen LogP contribution is -2.45. The molecule has 1 aliphatic heterocycles. The van der Waals surface area contributed by atoms with Gasteiger partial charge in [-0.05, 0) is 44.7 Å². The zero-order valence-electron chi connectivity index (χ0n) is 17.5. The first-order valence-electron chi connectivity index (χ1n) is 10.5. The number of amides is 3. The van der Waals surface area contributed by atoms with Gasteiger partial charge in [-0.3, -0.25) is 9.69 Å². The minimum absolute atomic E-state index is 0.0485. The quantitative estimate of drug-likeness (QED) is 0.766. The highest BCUT2D eigenvalue weighted by Gasteiger charge is 2.31. The van der Waals surface area contributed by atoms with Crippen molar-refractivity contribution in [2.45, 2.75) is 44.8 Å². The number of urea groups is 1. The summed E-state index contributed by atoms with van der Waals surface area (Å²) in [6.45, 7) is 3.16. The predicted molar refractivity (Wildman–Crippen MR) is 112 cm³/mol. The number of carbonyl (C=O) groups excluding carboxylic acids is 2.